The van der Waals surface area contributed by atoms with Crippen LogP contribution in [-0.2, 0) is 19.6 Å². The van der Waals surface area contributed by atoms with Gasteiger partial charge in [0, 0.05) is 24.5 Å². The van der Waals surface area contributed by atoms with Crippen LogP contribution in [0.15, 0.2) is 53.4 Å². The van der Waals surface area contributed by atoms with Gasteiger partial charge >= 0.3 is 5.97 Å². The molecule has 0 saturated carbocycles. The van der Waals surface area contributed by atoms with Crippen molar-refractivity contribution in [3.05, 3.63) is 71.0 Å². The van der Waals surface area contributed by atoms with Crippen molar-refractivity contribution >= 4 is 27.6 Å². The summed E-state index contributed by atoms with van der Waals surface area (Å²) in [6.45, 7) is 9.25. The van der Waals surface area contributed by atoms with E-state index in [1.54, 1.807) is 61.9 Å². The van der Waals surface area contributed by atoms with Gasteiger partial charge in [-0.1, -0.05) is 19.9 Å². The van der Waals surface area contributed by atoms with E-state index in [0.29, 0.717) is 29.9 Å². The van der Waals surface area contributed by atoms with Gasteiger partial charge in [-0.15, -0.1) is 0 Å². The highest BCUT2D eigenvalue weighted by molar-refractivity contribution is 7.89. The molecular formula is C25H30N4O5S. The van der Waals surface area contributed by atoms with Crippen molar-refractivity contribution in [1.29, 1.82) is 0 Å². The molecule has 0 bridgehead atoms. The van der Waals surface area contributed by atoms with Gasteiger partial charge in [0.25, 0.3) is 5.91 Å². The van der Waals surface area contributed by atoms with E-state index in [1.807, 2.05) is 19.9 Å². The van der Waals surface area contributed by atoms with E-state index in [-0.39, 0.29) is 4.90 Å². The molecule has 0 radical (unpaired) electrons. The van der Waals surface area contributed by atoms with Gasteiger partial charge in [0.05, 0.1) is 21.8 Å². The summed E-state index contributed by atoms with van der Waals surface area (Å²) >= 11 is 0. The monoisotopic (exact) mass is 498 g/mol. The van der Waals surface area contributed by atoms with E-state index in [1.165, 1.54) is 10.4 Å². The number of ether oxygens (including phenoxy) is 1. The fraction of sp³-hybridized carbons (Fsp3) is 0.320. The maximum absolute atomic E-state index is 12.9. The fourth-order valence-corrected chi connectivity index (χ4v) is 5.41. The van der Waals surface area contributed by atoms with Gasteiger partial charge in [0.15, 0.2) is 6.61 Å². The molecule has 0 unspecified atom stereocenters. The molecule has 0 spiro atoms. The Balaban J connectivity index is 1.63. The van der Waals surface area contributed by atoms with Gasteiger partial charge in [0.1, 0.15) is 0 Å². The molecule has 0 saturated heterocycles. The molecule has 9 nitrogen and oxygen atoms in total. The normalized spacial score (nSPS) is 11.5. The van der Waals surface area contributed by atoms with Crippen molar-refractivity contribution in [2.45, 2.75) is 39.5 Å². The molecule has 1 amide bonds. The third-order valence-electron chi connectivity index (χ3n) is 5.49. The molecule has 10 heteroatoms. The second-order valence-corrected chi connectivity index (χ2v) is 9.99. The Kier molecular flexibility index (Phi) is 8.08. The van der Waals surface area contributed by atoms with Gasteiger partial charge in [-0.05, 0) is 68.8 Å². The highest BCUT2D eigenvalue weighted by atomic mass is 32.2. The zero-order valence-corrected chi connectivity index (χ0v) is 21.3. The smallest absolute Gasteiger partial charge is 0.338 e. The Hall–Kier alpha value is -3.50. The summed E-state index contributed by atoms with van der Waals surface area (Å²) in [7, 11) is -3.69. The molecule has 35 heavy (non-hydrogen) atoms. The number of hydrogen-bond acceptors (Lipinski definition) is 6. The SMILES string of the molecule is CCN(CC)S(=O)(=O)c1cc(NC(=O)COC(=O)c2ccc(-n3nc(C)cc3C)cc2)ccc1C. The Labute approximate surface area is 205 Å². The van der Waals surface area contributed by atoms with Gasteiger partial charge in [0.2, 0.25) is 10.0 Å². The Morgan fingerprint density at radius 1 is 1.00 bits per heavy atom. The first kappa shape index (κ1) is 26.1. The maximum atomic E-state index is 12.9. The predicted molar refractivity (Wildman–Crippen MR) is 133 cm³/mol. The van der Waals surface area contributed by atoms with Crippen LogP contribution in [0.5, 0.6) is 0 Å². The zero-order chi connectivity index (χ0) is 25.8. The number of carbonyl (C=O) groups excluding carboxylic acids is 2. The van der Waals surface area contributed by atoms with E-state index >= 15 is 0 Å². The number of anilines is 1. The summed E-state index contributed by atoms with van der Waals surface area (Å²) < 4.78 is 34.0. The van der Waals surface area contributed by atoms with Crippen molar-refractivity contribution in [3.8, 4) is 5.69 Å². The van der Waals surface area contributed by atoms with E-state index in [9.17, 15) is 18.0 Å². The van der Waals surface area contributed by atoms with Crippen molar-refractivity contribution in [3.63, 3.8) is 0 Å². The number of hydrogen-bond donors (Lipinski definition) is 1. The van der Waals surface area contributed by atoms with Gasteiger partial charge in [-0.3, -0.25) is 4.79 Å². The third-order valence-corrected chi connectivity index (χ3v) is 7.68. The average molecular weight is 499 g/mol. The molecule has 3 aromatic rings. The van der Waals surface area contributed by atoms with E-state index in [2.05, 4.69) is 10.4 Å². The molecule has 186 valence electrons. The quantitative estimate of drug-likeness (QED) is 0.451. The molecule has 0 aliphatic carbocycles. The summed E-state index contributed by atoms with van der Waals surface area (Å²) in [6.07, 6.45) is 0. The van der Waals surface area contributed by atoms with Crippen molar-refractivity contribution in [1.82, 2.24) is 14.1 Å². The van der Waals surface area contributed by atoms with Crippen LogP contribution in [0.2, 0.25) is 0 Å². The third kappa shape index (κ3) is 5.95. The molecule has 0 atom stereocenters. The number of benzene rings is 2. The predicted octanol–water partition coefficient (Wildman–Crippen LogP) is 3.62. The van der Waals surface area contributed by atoms with Crippen LogP contribution in [0.1, 0.15) is 41.2 Å². The van der Waals surface area contributed by atoms with Crippen LogP contribution in [0.3, 0.4) is 0 Å². The molecule has 0 aliphatic heterocycles. The summed E-state index contributed by atoms with van der Waals surface area (Å²) in [5, 5.41) is 7.00. The van der Waals surface area contributed by atoms with Crippen LogP contribution in [0.4, 0.5) is 5.69 Å². The molecule has 2 aromatic carbocycles. The first-order valence-corrected chi connectivity index (χ1v) is 12.7. The van der Waals surface area contributed by atoms with Crippen molar-refractivity contribution in [2.75, 3.05) is 25.0 Å². The highest BCUT2D eigenvalue weighted by Gasteiger charge is 2.24. The van der Waals surface area contributed by atoms with E-state index < -0.39 is 28.5 Å². The van der Waals surface area contributed by atoms with Gasteiger partial charge < -0.3 is 10.1 Å². The summed E-state index contributed by atoms with van der Waals surface area (Å²) in [6, 6.07) is 13.3. The molecule has 1 heterocycles. The first-order chi connectivity index (χ1) is 16.6. The number of esters is 1. The second kappa shape index (κ2) is 10.8. The Bertz CT molecular complexity index is 1330. The minimum Gasteiger partial charge on any atom is -0.452 e. The molecule has 3 rings (SSSR count). The van der Waals surface area contributed by atoms with Crippen LogP contribution in [0, 0.1) is 20.8 Å². The Morgan fingerprint density at radius 2 is 1.66 bits per heavy atom. The number of aryl methyl sites for hydroxylation is 3. The van der Waals surface area contributed by atoms with Crippen LogP contribution >= 0.6 is 0 Å². The highest BCUT2D eigenvalue weighted by Crippen LogP contribution is 2.23. The number of amides is 1. The number of sulfonamides is 1. The molecular weight excluding hydrogens is 468 g/mol. The number of aromatic nitrogens is 2. The van der Waals surface area contributed by atoms with E-state index in [0.717, 1.165) is 17.1 Å². The maximum Gasteiger partial charge on any atom is 0.338 e. The lowest BCUT2D eigenvalue weighted by molar-refractivity contribution is -0.119. The average Bonchev–Trinajstić information content (AvgIpc) is 3.17. The van der Waals surface area contributed by atoms with Gasteiger partial charge in [-0.2, -0.15) is 9.40 Å². The van der Waals surface area contributed by atoms with Crippen molar-refractivity contribution < 1.29 is 22.7 Å². The zero-order valence-electron chi connectivity index (χ0n) is 20.5. The van der Waals surface area contributed by atoms with Crippen molar-refractivity contribution in [2.24, 2.45) is 0 Å². The molecule has 1 aromatic heterocycles. The molecule has 1 N–H and O–H groups in total. The lowest BCUT2D eigenvalue weighted by Crippen LogP contribution is -2.31. The topological polar surface area (TPSA) is 111 Å². The Morgan fingerprint density at radius 3 is 2.23 bits per heavy atom. The largest absolute Gasteiger partial charge is 0.452 e. The fourth-order valence-electron chi connectivity index (χ4n) is 3.70. The second-order valence-electron chi connectivity index (χ2n) is 8.08. The van der Waals surface area contributed by atoms with Crippen LogP contribution in [-0.4, -0.2) is 54.1 Å². The molecule has 0 aliphatic rings. The molecule has 0 fully saturated rings. The summed E-state index contributed by atoms with van der Waals surface area (Å²) in [4.78, 5) is 24.9. The number of rotatable bonds is 9. The van der Waals surface area contributed by atoms with Gasteiger partial charge in [-0.25, -0.2) is 17.9 Å². The number of nitrogens with zero attached hydrogens (tertiary/aromatic N) is 3. The minimum absolute atomic E-state index is 0.124. The lowest BCUT2D eigenvalue weighted by Gasteiger charge is -2.20. The minimum atomic E-state index is -3.69. The van der Waals surface area contributed by atoms with E-state index in [4.69, 9.17) is 4.74 Å². The number of nitrogens with one attached hydrogen (secondary N) is 1. The van der Waals surface area contributed by atoms with Crippen LogP contribution in [0.25, 0.3) is 5.69 Å². The summed E-state index contributed by atoms with van der Waals surface area (Å²) in [5.41, 5.74) is 3.84. The standard InChI is InChI=1S/C25H30N4O5S/c1-6-28(7-2)35(32,33)23-15-21(11-8-17(23)3)26-24(30)16-34-25(31)20-9-12-22(13-10-20)29-19(5)14-18(4)27-29/h8-15H,6-7,16H2,1-5H3,(H,26,30). The van der Waals surface area contributed by atoms with Crippen LogP contribution < -0.4 is 5.32 Å². The summed E-state index contributed by atoms with van der Waals surface area (Å²) in [5.74, 6) is -1.22. The number of carbonyl (C=O) groups is 2. The first-order valence-electron chi connectivity index (χ1n) is 11.3. The lowest BCUT2D eigenvalue weighted by atomic mass is 10.2.